The SMILES string of the molecule is CN=C(NCCOCc1ccccc1)NCc1ccccn1.I. The summed E-state index contributed by atoms with van der Waals surface area (Å²) < 4.78 is 5.62. The molecule has 124 valence electrons. The Morgan fingerprint density at radius 2 is 1.87 bits per heavy atom. The van der Waals surface area contributed by atoms with Gasteiger partial charge in [0.2, 0.25) is 0 Å². The van der Waals surface area contributed by atoms with E-state index in [0.29, 0.717) is 26.3 Å². The van der Waals surface area contributed by atoms with Gasteiger partial charge in [0.25, 0.3) is 0 Å². The van der Waals surface area contributed by atoms with Crippen molar-refractivity contribution < 1.29 is 4.74 Å². The van der Waals surface area contributed by atoms with Gasteiger partial charge in [-0.05, 0) is 17.7 Å². The summed E-state index contributed by atoms with van der Waals surface area (Å²) in [5, 5.41) is 6.43. The molecule has 0 bridgehead atoms. The zero-order valence-electron chi connectivity index (χ0n) is 13.2. The summed E-state index contributed by atoms with van der Waals surface area (Å²) in [5.41, 5.74) is 2.16. The first-order valence-corrected chi connectivity index (χ1v) is 7.34. The molecule has 0 aliphatic carbocycles. The largest absolute Gasteiger partial charge is 0.375 e. The van der Waals surface area contributed by atoms with E-state index < -0.39 is 0 Å². The Labute approximate surface area is 154 Å². The topological polar surface area (TPSA) is 58.5 Å². The molecule has 2 N–H and O–H groups in total. The van der Waals surface area contributed by atoms with Crippen LogP contribution in [0, 0.1) is 0 Å². The van der Waals surface area contributed by atoms with E-state index in [1.807, 2.05) is 36.4 Å². The summed E-state index contributed by atoms with van der Waals surface area (Å²) >= 11 is 0. The van der Waals surface area contributed by atoms with E-state index >= 15 is 0 Å². The highest BCUT2D eigenvalue weighted by atomic mass is 127. The second kappa shape index (κ2) is 11.8. The summed E-state index contributed by atoms with van der Waals surface area (Å²) in [6, 6.07) is 16.0. The van der Waals surface area contributed by atoms with Crippen LogP contribution >= 0.6 is 24.0 Å². The Morgan fingerprint density at radius 3 is 2.57 bits per heavy atom. The summed E-state index contributed by atoms with van der Waals surface area (Å²) in [6.45, 7) is 2.60. The molecule has 6 heteroatoms. The molecule has 23 heavy (non-hydrogen) atoms. The van der Waals surface area contributed by atoms with E-state index in [2.05, 4.69) is 32.7 Å². The quantitative estimate of drug-likeness (QED) is 0.309. The number of benzene rings is 1. The van der Waals surface area contributed by atoms with Crippen molar-refractivity contribution in [3.8, 4) is 0 Å². The zero-order chi connectivity index (χ0) is 15.5. The molecule has 0 radical (unpaired) electrons. The maximum absolute atomic E-state index is 5.62. The minimum Gasteiger partial charge on any atom is -0.375 e. The Bertz CT molecular complexity index is 563. The number of aliphatic imine (C=N–C) groups is 1. The van der Waals surface area contributed by atoms with Gasteiger partial charge in [0.1, 0.15) is 0 Å². The fourth-order valence-electron chi connectivity index (χ4n) is 1.90. The maximum atomic E-state index is 5.62. The number of rotatable bonds is 7. The fraction of sp³-hybridized carbons (Fsp3) is 0.294. The lowest BCUT2D eigenvalue weighted by Gasteiger charge is -2.11. The highest BCUT2D eigenvalue weighted by Crippen LogP contribution is 1.99. The van der Waals surface area contributed by atoms with Crippen LogP contribution in [0.4, 0.5) is 0 Å². The molecule has 1 aromatic heterocycles. The smallest absolute Gasteiger partial charge is 0.191 e. The molecular formula is C17H23IN4O. The van der Waals surface area contributed by atoms with Crippen molar-refractivity contribution in [2.75, 3.05) is 20.2 Å². The van der Waals surface area contributed by atoms with E-state index in [1.54, 1.807) is 13.2 Å². The number of nitrogens with zero attached hydrogens (tertiary/aromatic N) is 2. The molecule has 0 aliphatic heterocycles. The first-order chi connectivity index (χ1) is 10.9. The number of hydrogen-bond donors (Lipinski definition) is 2. The normalized spacial score (nSPS) is 10.7. The van der Waals surface area contributed by atoms with E-state index in [0.717, 1.165) is 11.7 Å². The lowest BCUT2D eigenvalue weighted by Crippen LogP contribution is -2.38. The average molecular weight is 426 g/mol. The minimum absolute atomic E-state index is 0. The van der Waals surface area contributed by atoms with Gasteiger partial charge in [-0.3, -0.25) is 9.98 Å². The van der Waals surface area contributed by atoms with Crippen LogP contribution in [-0.4, -0.2) is 31.1 Å². The van der Waals surface area contributed by atoms with Crippen LogP contribution in [0.3, 0.4) is 0 Å². The maximum Gasteiger partial charge on any atom is 0.191 e. The monoisotopic (exact) mass is 426 g/mol. The molecule has 0 spiro atoms. The number of pyridine rings is 1. The van der Waals surface area contributed by atoms with Crippen LogP contribution in [0.1, 0.15) is 11.3 Å². The van der Waals surface area contributed by atoms with Crippen LogP contribution in [0.2, 0.25) is 0 Å². The molecule has 2 rings (SSSR count). The van der Waals surface area contributed by atoms with Gasteiger partial charge in [-0.1, -0.05) is 36.4 Å². The predicted molar refractivity (Wildman–Crippen MR) is 104 cm³/mol. The molecule has 0 saturated carbocycles. The van der Waals surface area contributed by atoms with E-state index in [1.165, 1.54) is 5.56 Å². The molecule has 0 saturated heterocycles. The summed E-state index contributed by atoms with van der Waals surface area (Å²) in [4.78, 5) is 8.43. The standard InChI is InChI=1S/C17H22N4O.HI/c1-18-17(21-13-16-9-5-6-10-19-16)20-11-12-22-14-15-7-3-2-4-8-15;/h2-10H,11-14H2,1H3,(H2,18,20,21);1H. The fourth-order valence-corrected chi connectivity index (χ4v) is 1.90. The summed E-state index contributed by atoms with van der Waals surface area (Å²) in [5.74, 6) is 0.744. The Morgan fingerprint density at radius 1 is 1.09 bits per heavy atom. The summed E-state index contributed by atoms with van der Waals surface area (Å²) in [6.07, 6.45) is 1.78. The Hall–Kier alpha value is -1.67. The van der Waals surface area contributed by atoms with Crippen LogP contribution in [-0.2, 0) is 17.9 Å². The van der Waals surface area contributed by atoms with E-state index in [9.17, 15) is 0 Å². The molecule has 0 unspecified atom stereocenters. The van der Waals surface area contributed by atoms with Crippen LogP contribution in [0.5, 0.6) is 0 Å². The van der Waals surface area contributed by atoms with Crippen molar-refractivity contribution in [3.05, 3.63) is 66.0 Å². The van der Waals surface area contributed by atoms with Crippen LogP contribution in [0.25, 0.3) is 0 Å². The Balaban J connectivity index is 0.00000264. The average Bonchev–Trinajstić information content (AvgIpc) is 2.59. The minimum atomic E-state index is 0. The third kappa shape index (κ3) is 7.94. The number of halogens is 1. The van der Waals surface area contributed by atoms with Gasteiger partial charge in [-0.25, -0.2) is 0 Å². The Kier molecular flexibility index (Phi) is 9.97. The molecule has 1 heterocycles. The van der Waals surface area contributed by atoms with Gasteiger partial charge >= 0.3 is 0 Å². The second-order valence-electron chi connectivity index (χ2n) is 4.71. The third-order valence-electron chi connectivity index (χ3n) is 3.04. The number of hydrogen-bond acceptors (Lipinski definition) is 3. The predicted octanol–water partition coefficient (Wildman–Crippen LogP) is 2.58. The molecular weight excluding hydrogens is 403 g/mol. The second-order valence-corrected chi connectivity index (χ2v) is 4.71. The third-order valence-corrected chi connectivity index (χ3v) is 3.04. The van der Waals surface area contributed by atoms with Gasteiger partial charge in [0.15, 0.2) is 5.96 Å². The van der Waals surface area contributed by atoms with Gasteiger partial charge < -0.3 is 15.4 Å². The van der Waals surface area contributed by atoms with E-state index in [4.69, 9.17) is 4.74 Å². The first kappa shape index (κ1) is 19.4. The molecule has 0 aliphatic rings. The van der Waals surface area contributed by atoms with Crippen LogP contribution in [0.15, 0.2) is 59.7 Å². The van der Waals surface area contributed by atoms with Crippen molar-refractivity contribution in [1.29, 1.82) is 0 Å². The summed E-state index contributed by atoms with van der Waals surface area (Å²) in [7, 11) is 1.75. The van der Waals surface area contributed by atoms with Crippen molar-refractivity contribution in [2.24, 2.45) is 4.99 Å². The van der Waals surface area contributed by atoms with Gasteiger partial charge in [0.05, 0.1) is 25.5 Å². The molecule has 0 atom stereocenters. The molecule has 5 nitrogen and oxygen atoms in total. The molecule has 0 amide bonds. The highest BCUT2D eigenvalue weighted by molar-refractivity contribution is 14.0. The molecule has 2 aromatic rings. The first-order valence-electron chi connectivity index (χ1n) is 7.34. The van der Waals surface area contributed by atoms with Gasteiger partial charge in [-0.15, -0.1) is 24.0 Å². The van der Waals surface area contributed by atoms with Gasteiger partial charge in [-0.2, -0.15) is 0 Å². The van der Waals surface area contributed by atoms with Gasteiger partial charge in [0, 0.05) is 19.8 Å². The lowest BCUT2D eigenvalue weighted by atomic mass is 10.2. The van der Waals surface area contributed by atoms with Crippen LogP contribution < -0.4 is 10.6 Å². The number of nitrogens with one attached hydrogen (secondary N) is 2. The zero-order valence-corrected chi connectivity index (χ0v) is 15.6. The van der Waals surface area contributed by atoms with Crippen molar-refractivity contribution in [1.82, 2.24) is 15.6 Å². The number of guanidine groups is 1. The van der Waals surface area contributed by atoms with Crippen molar-refractivity contribution >= 4 is 29.9 Å². The number of ether oxygens (including phenoxy) is 1. The molecule has 0 fully saturated rings. The lowest BCUT2D eigenvalue weighted by molar-refractivity contribution is 0.125. The van der Waals surface area contributed by atoms with Crippen molar-refractivity contribution in [2.45, 2.75) is 13.2 Å². The number of aromatic nitrogens is 1. The molecule has 1 aromatic carbocycles. The van der Waals surface area contributed by atoms with Crippen molar-refractivity contribution in [3.63, 3.8) is 0 Å². The van der Waals surface area contributed by atoms with E-state index in [-0.39, 0.29) is 24.0 Å². The highest BCUT2D eigenvalue weighted by Gasteiger charge is 1.98.